The minimum atomic E-state index is -0.975. The molecule has 0 atom stereocenters. The first-order valence-electron chi connectivity index (χ1n) is 12.4. The van der Waals surface area contributed by atoms with Gasteiger partial charge >= 0.3 is 206 Å². The van der Waals surface area contributed by atoms with E-state index in [0.717, 1.165) is 34.7 Å². The number of fused-ring (bicyclic) bond motifs is 1. The van der Waals surface area contributed by atoms with Crippen LogP contribution in [0.3, 0.4) is 0 Å². The molecule has 1 aromatic heterocycles. The predicted octanol–water partition coefficient (Wildman–Crippen LogP) is 6.85. The van der Waals surface area contributed by atoms with Gasteiger partial charge in [0.05, 0.1) is 0 Å². The Bertz CT molecular complexity index is 733. The molecule has 0 aliphatic heterocycles. The number of hydrogen-bond donors (Lipinski definition) is 1. The summed E-state index contributed by atoms with van der Waals surface area (Å²) < 4.78 is 7.96. The van der Waals surface area contributed by atoms with Gasteiger partial charge in [-0.25, -0.2) is 0 Å². The fourth-order valence-corrected chi connectivity index (χ4v) is 11.3. The predicted molar refractivity (Wildman–Crippen MR) is 139 cm³/mol. The normalized spacial score (nSPS) is 12.4. The van der Waals surface area contributed by atoms with Crippen LogP contribution in [0.25, 0.3) is 10.8 Å². The summed E-state index contributed by atoms with van der Waals surface area (Å²) in [5.74, 6) is 0. The fraction of sp³-hybridized carbons (Fsp3) is 0.654. The number of ether oxygens (including phenoxy) is 1. The van der Waals surface area contributed by atoms with Crippen LogP contribution in [0.5, 0.6) is 0 Å². The van der Waals surface area contributed by atoms with Crippen molar-refractivity contribution in [1.29, 1.82) is 0 Å². The summed E-state index contributed by atoms with van der Waals surface area (Å²) in [6.45, 7) is 9.48. The summed E-state index contributed by atoms with van der Waals surface area (Å²) in [6.07, 6.45) is 16.3. The van der Waals surface area contributed by atoms with Gasteiger partial charge in [0, 0.05) is 0 Å². The summed E-state index contributed by atoms with van der Waals surface area (Å²) in [5, 5.41) is 6.63. The molecule has 0 saturated heterocycles. The van der Waals surface area contributed by atoms with Crippen molar-refractivity contribution in [2.45, 2.75) is 88.5 Å². The topological polar surface area (TPSA) is 34.1 Å². The molecule has 0 aliphatic carbocycles. The van der Waals surface area contributed by atoms with Gasteiger partial charge in [0.25, 0.3) is 0 Å². The van der Waals surface area contributed by atoms with E-state index in [1.807, 2.05) is 30.6 Å². The molecular formula is C26H43ClN2OSn. The maximum absolute atomic E-state index is 6.29. The van der Waals surface area contributed by atoms with Gasteiger partial charge in [-0.05, 0) is 0 Å². The van der Waals surface area contributed by atoms with Crippen LogP contribution in [0.4, 0.5) is 0 Å². The summed E-state index contributed by atoms with van der Waals surface area (Å²) in [6, 6.07) is 6.06. The standard InChI is InChI=1S/C13H14ClN2O.C13H27.Sn.2H/c1-17-5-4-16-8-11-7-12(14)6-10-2-3-15-9-13(10)11;1-4-7-10-13(11-8-5-2)12-9-6-3;;;/h2-3,6-7,9,16H,1,4-5,8H2;4-12H2,1-3H3;;;. The Morgan fingerprint density at radius 3 is 2.35 bits per heavy atom. The number of nitrogens with zero attached hydrogens (tertiary/aromatic N) is 1. The number of pyridine rings is 1. The second kappa shape index (κ2) is 15.5. The van der Waals surface area contributed by atoms with Crippen LogP contribution in [-0.4, -0.2) is 43.9 Å². The van der Waals surface area contributed by atoms with E-state index in [4.69, 9.17) is 16.3 Å². The Kier molecular flexibility index (Phi) is 13.4. The van der Waals surface area contributed by atoms with Crippen molar-refractivity contribution in [3.05, 3.63) is 41.2 Å². The zero-order valence-corrected chi connectivity index (χ0v) is 24.8. The molecule has 1 aromatic carbocycles. The molecule has 0 aliphatic rings. The van der Waals surface area contributed by atoms with Crippen molar-refractivity contribution in [2.24, 2.45) is 0 Å². The number of halogens is 1. The van der Waals surface area contributed by atoms with Gasteiger partial charge < -0.3 is 0 Å². The average molecular weight is 554 g/mol. The Balaban J connectivity index is 1.77. The van der Waals surface area contributed by atoms with Gasteiger partial charge in [0.2, 0.25) is 0 Å². The molecule has 2 rings (SSSR count). The fourth-order valence-electron chi connectivity index (χ4n) is 4.54. The van der Waals surface area contributed by atoms with E-state index in [1.54, 1.807) is 0 Å². The first-order chi connectivity index (χ1) is 15.1. The van der Waals surface area contributed by atoms with E-state index in [-0.39, 0.29) is 0 Å². The Hall–Kier alpha value is -0.361. The molecule has 0 spiro atoms. The second-order valence-corrected chi connectivity index (χ2v) is 16.3. The van der Waals surface area contributed by atoms with Crippen molar-refractivity contribution in [2.75, 3.05) is 17.8 Å². The zero-order valence-electron chi connectivity index (χ0n) is 20.0. The first-order valence-corrected chi connectivity index (χ1v) is 17.7. The molecule has 0 radical (unpaired) electrons. The zero-order chi connectivity index (χ0) is 22.4. The minimum absolute atomic E-state index is 0.698. The number of nitrogens with one attached hydrogen (secondary N) is 1. The van der Waals surface area contributed by atoms with Crippen molar-refractivity contribution < 1.29 is 4.74 Å². The van der Waals surface area contributed by atoms with Crippen LogP contribution in [0.15, 0.2) is 30.6 Å². The van der Waals surface area contributed by atoms with E-state index >= 15 is 0 Å². The van der Waals surface area contributed by atoms with Crippen LogP contribution in [0.1, 0.15) is 84.1 Å². The summed E-state index contributed by atoms with van der Waals surface area (Å²) in [5.41, 5.74) is 1.20. The van der Waals surface area contributed by atoms with Crippen molar-refractivity contribution in [3.8, 4) is 0 Å². The molecule has 0 unspecified atom stereocenters. The molecule has 0 amide bonds. The number of benzene rings is 1. The van der Waals surface area contributed by atoms with Crippen LogP contribution >= 0.6 is 11.6 Å². The van der Waals surface area contributed by atoms with E-state index in [2.05, 4.69) is 31.1 Å². The molecule has 0 bridgehead atoms. The number of unbranched alkanes of at least 4 members (excludes halogenated alkanes) is 3. The van der Waals surface area contributed by atoms with Crippen molar-refractivity contribution in [3.63, 3.8) is 0 Å². The summed E-state index contributed by atoms with van der Waals surface area (Å²) in [4.78, 5) is 4.27. The maximum atomic E-state index is 6.29. The van der Waals surface area contributed by atoms with Crippen LogP contribution < -0.4 is 5.32 Å². The van der Waals surface area contributed by atoms with Gasteiger partial charge in [-0.2, -0.15) is 0 Å². The third-order valence-corrected chi connectivity index (χ3v) is 14.2. The molecule has 5 heteroatoms. The Morgan fingerprint density at radius 2 is 1.71 bits per heavy atom. The SMILES string of the molecule is CCCC[C](CCCC)(CCCC)[SnH2][CH2]OCCNCc1cc(Cl)cc2ccncc12. The van der Waals surface area contributed by atoms with Crippen molar-refractivity contribution in [1.82, 2.24) is 10.3 Å². The van der Waals surface area contributed by atoms with E-state index < -0.39 is 21.1 Å². The molecule has 2 aromatic rings. The first kappa shape index (κ1) is 26.9. The van der Waals surface area contributed by atoms with Crippen molar-refractivity contribution >= 4 is 43.5 Å². The average Bonchev–Trinajstić information content (AvgIpc) is 2.78. The number of rotatable bonds is 17. The van der Waals surface area contributed by atoms with Crippen LogP contribution in [-0.2, 0) is 11.3 Å². The van der Waals surface area contributed by atoms with Gasteiger partial charge in [-0.15, -0.1) is 0 Å². The second-order valence-electron chi connectivity index (χ2n) is 9.01. The third-order valence-electron chi connectivity index (χ3n) is 6.50. The molecule has 0 saturated carbocycles. The Labute approximate surface area is 205 Å². The molecule has 1 N–H and O–H groups in total. The van der Waals surface area contributed by atoms with E-state index in [0.29, 0.717) is 3.43 Å². The monoisotopic (exact) mass is 554 g/mol. The molecule has 31 heavy (non-hydrogen) atoms. The van der Waals surface area contributed by atoms with E-state index in [1.165, 1.54) is 68.7 Å². The number of hydrogen-bond acceptors (Lipinski definition) is 3. The molecule has 0 fully saturated rings. The molecular weight excluding hydrogens is 510 g/mol. The molecule has 3 nitrogen and oxygen atoms in total. The Morgan fingerprint density at radius 1 is 1.03 bits per heavy atom. The number of aromatic nitrogens is 1. The molecule has 1 heterocycles. The van der Waals surface area contributed by atoms with E-state index in [9.17, 15) is 0 Å². The molecule has 174 valence electrons. The van der Waals surface area contributed by atoms with Gasteiger partial charge in [-0.3, -0.25) is 0 Å². The van der Waals surface area contributed by atoms with Gasteiger partial charge in [0.1, 0.15) is 0 Å². The van der Waals surface area contributed by atoms with Gasteiger partial charge in [-0.1, -0.05) is 0 Å². The van der Waals surface area contributed by atoms with Gasteiger partial charge in [0.15, 0.2) is 0 Å². The summed E-state index contributed by atoms with van der Waals surface area (Å²) >= 11 is 5.32. The van der Waals surface area contributed by atoms with Crippen LogP contribution in [0, 0.1) is 0 Å². The van der Waals surface area contributed by atoms with Crippen LogP contribution in [0.2, 0.25) is 8.45 Å². The summed E-state index contributed by atoms with van der Waals surface area (Å²) in [7, 11) is 0. The quantitative estimate of drug-likeness (QED) is 0.172. The third kappa shape index (κ3) is 9.57.